The van der Waals surface area contributed by atoms with Gasteiger partial charge >= 0.3 is 5.97 Å². The largest absolute Gasteiger partial charge is 0.490 e. The van der Waals surface area contributed by atoms with Crippen LogP contribution in [-0.4, -0.2) is 37.1 Å². The van der Waals surface area contributed by atoms with E-state index >= 15 is 0 Å². The summed E-state index contributed by atoms with van der Waals surface area (Å²) in [4.78, 5) is 10.9. The van der Waals surface area contributed by atoms with Gasteiger partial charge in [0, 0.05) is 18.7 Å². The minimum atomic E-state index is -3.13. The number of halogens is 1. The van der Waals surface area contributed by atoms with Crippen LogP contribution in [0.15, 0.2) is 18.2 Å². The summed E-state index contributed by atoms with van der Waals surface area (Å²) in [6.07, 6.45) is 3.18. The SMILES string of the molecule is CS(=O)(=O)C1CCCC(Oc2cc(F)cc(C(=O)O)c2)C1. The van der Waals surface area contributed by atoms with Gasteiger partial charge in [-0.1, -0.05) is 0 Å². The van der Waals surface area contributed by atoms with Crippen molar-refractivity contribution >= 4 is 15.8 Å². The summed E-state index contributed by atoms with van der Waals surface area (Å²) in [5.41, 5.74) is -0.194. The standard InChI is InChI=1S/C14H17FO5S/c1-21(18,19)13-4-2-3-11(8-13)20-12-6-9(14(16)17)5-10(15)7-12/h5-7,11,13H,2-4,8H2,1H3,(H,16,17). The minimum absolute atomic E-state index is 0.117. The van der Waals surface area contributed by atoms with Crippen molar-refractivity contribution in [3.05, 3.63) is 29.6 Å². The number of sulfone groups is 1. The topological polar surface area (TPSA) is 80.7 Å². The molecule has 21 heavy (non-hydrogen) atoms. The monoisotopic (exact) mass is 316 g/mol. The van der Waals surface area contributed by atoms with Crippen LogP contribution in [0.5, 0.6) is 5.75 Å². The van der Waals surface area contributed by atoms with Crippen LogP contribution in [0.25, 0.3) is 0 Å². The lowest BCUT2D eigenvalue weighted by atomic mass is 9.97. The molecule has 0 heterocycles. The molecule has 1 aliphatic rings. The highest BCUT2D eigenvalue weighted by molar-refractivity contribution is 7.91. The molecule has 1 aromatic carbocycles. The summed E-state index contributed by atoms with van der Waals surface area (Å²) in [7, 11) is -3.13. The molecule has 1 N–H and O–H groups in total. The Morgan fingerprint density at radius 1 is 1.33 bits per heavy atom. The lowest BCUT2D eigenvalue weighted by Gasteiger charge is -2.28. The van der Waals surface area contributed by atoms with Gasteiger partial charge in [-0.2, -0.15) is 0 Å². The van der Waals surface area contributed by atoms with Gasteiger partial charge in [-0.15, -0.1) is 0 Å². The van der Waals surface area contributed by atoms with E-state index in [0.29, 0.717) is 25.7 Å². The number of carboxylic acid groups (broad SMARTS) is 1. The average molecular weight is 316 g/mol. The maximum absolute atomic E-state index is 13.4. The van der Waals surface area contributed by atoms with Crippen molar-refractivity contribution in [3.8, 4) is 5.75 Å². The average Bonchev–Trinajstić information content (AvgIpc) is 2.37. The second-order valence-corrected chi connectivity index (χ2v) is 7.66. The molecule has 0 bridgehead atoms. The maximum atomic E-state index is 13.4. The van der Waals surface area contributed by atoms with Gasteiger partial charge in [0.1, 0.15) is 21.4 Å². The van der Waals surface area contributed by atoms with Crippen molar-refractivity contribution < 1.29 is 27.4 Å². The van der Waals surface area contributed by atoms with Crippen molar-refractivity contribution in [2.24, 2.45) is 0 Å². The smallest absolute Gasteiger partial charge is 0.335 e. The molecule has 2 unspecified atom stereocenters. The molecular formula is C14H17FO5S. The molecule has 1 aliphatic carbocycles. The van der Waals surface area contributed by atoms with Crippen LogP contribution < -0.4 is 4.74 Å². The molecule has 1 fully saturated rings. The molecule has 0 radical (unpaired) electrons. The molecule has 0 spiro atoms. The summed E-state index contributed by atoms with van der Waals surface area (Å²) < 4.78 is 42.1. The Bertz CT molecular complexity index is 641. The quantitative estimate of drug-likeness (QED) is 0.921. The van der Waals surface area contributed by atoms with Crippen LogP contribution in [0.4, 0.5) is 4.39 Å². The Labute approximate surface area is 122 Å². The van der Waals surface area contributed by atoms with Crippen molar-refractivity contribution in [2.45, 2.75) is 37.0 Å². The first-order valence-electron chi connectivity index (χ1n) is 6.65. The number of hydrogen-bond donors (Lipinski definition) is 1. The third-order valence-corrected chi connectivity index (χ3v) is 5.24. The van der Waals surface area contributed by atoms with E-state index in [1.54, 1.807) is 0 Å². The van der Waals surface area contributed by atoms with Gasteiger partial charge in [0.15, 0.2) is 0 Å². The molecule has 2 rings (SSSR count). The third kappa shape index (κ3) is 4.17. The van der Waals surface area contributed by atoms with Crippen molar-refractivity contribution in [3.63, 3.8) is 0 Å². The molecule has 5 nitrogen and oxygen atoms in total. The highest BCUT2D eigenvalue weighted by Gasteiger charge is 2.30. The van der Waals surface area contributed by atoms with E-state index in [-0.39, 0.29) is 17.4 Å². The first-order chi connectivity index (χ1) is 9.75. The van der Waals surface area contributed by atoms with Crippen LogP contribution in [0.3, 0.4) is 0 Å². The Balaban J connectivity index is 2.13. The second-order valence-electron chi connectivity index (χ2n) is 5.34. The zero-order chi connectivity index (χ0) is 15.6. The van der Waals surface area contributed by atoms with Crippen molar-refractivity contribution in [1.29, 1.82) is 0 Å². The minimum Gasteiger partial charge on any atom is -0.490 e. The van der Waals surface area contributed by atoms with Crippen LogP contribution in [0.1, 0.15) is 36.0 Å². The normalized spacial score (nSPS) is 22.8. The van der Waals surface area contributed by atoms with E-state index < -0.39 is 26.9 Å². The summed E-state index contributed by atoms with van der Waals surface area (Å²) in [6, 6.07) is 3.27. The highest BCUT2D eigenvalue weighted by atomic mass is 32.2. The maximum Gasteiger partial charge on any atom is 0.335 e. The summed E-state index contributed by atoms with van der Waals surface area (Å²) in [6.45, 7) is 0. The van der Waals surface area contributed by atoms with Crippen LogP contribution in [-0.2, 0) is 9.84 Å². The Kier molecular flexibility index (Phi) is 4.51. The van der Waals surface area contributed by atoms with E-state index in [4.69, 9.17) is 9.84 Å². The third-order valence-electron chi connectivity index (χ3n) is 3.60. The fourth-order valence-corrected chi connectivity index (χ4v) is 3.70. The lowest BCUT2D eigenvalue weighted by Crippen LogP contribution is -2.33. The fraction of sp³-hybridized carbons (Fsp3) is 0.500. The molecule has 1 aromatic rings. The lowest BCUT2D eigenvalue weighted by molar-refractivity contribution is 0.0695. The van der Waals surface area contributed by atoms with Crippen molar-refractivity contribution in [1.82, 2.24) is 0 Å². The summed E-state index contributed by atoms with van der Waals surface area (Å²) in [5, 5.41) is 8.43. The highest BCUT2D eigenvalue weighted by Crippen LogP contribution is 2.28. The number of benzene rings is 1. The van der Waals surface area contributed by atoms with Gasteiger partial charge in [-0.3, -0.25) is 0 Å². The van der Waals surface area contributed by atoms with E-state index in [1.807, 2.05) is 0 Å². The predicted molar refractivity (Wildman–Crippen MR) is 74.9 cm³/mol. The number of ether oxygens (including phenoxy) is 1. The van der Waals surface area contributed by atoms with Crippen molar-refractivity contribution in [2.75, 3.05) is 6.26 Å². The van der Waals surface area contributed by atoms with Gasteiger partial charge in [0.05, 0.1) is 16.9 Å². The van der Waals surface area contributed by atoms with Gasteiger partial charge in [0.2, 0.25) is 0 Å². The van der Waals surface area contributed by atoms with Gasteiger partial charge < -0.3 is 9.84 Å². The number of rotatable bonds is 4. The van der Waals surface area contributed by atoms with Gasteiger partial charge in [-0.25, -0.2) is 17.6 Å². The molecular weight excluding hydrogens is 299 g/mol. The molecule has 0 saturated heterocycles. The van der Waals surface area contributed by atoms with E-state index in [0.717, 1.165) is 12.1 Å². The number of hydrogen-bond acceptors (Lipinski definition) is 4. The van der Waals surface area contributed by atoms with Crippen LogP contribution in [0, 0.1) is 5.82 Å². The molecule has 7 heteroatoms. The molecule has 0 amide bonds. The van der Waals surface area contributed by atoms with Crippen LogP contribution in [0.2, 0.25) is 0 Å². The molecule has 2 atom stereocenters. The van der Waals surface area contributed by atoms with Gasteiger partial charge in [0.25, 0.3) is 0 Å². The van der Waals surface area contributed by atoms with E-state index in [2.05, 4.69) is 0 Å². The zero-order valence-electron chi connectivity index (χ0n) is 11.6. The Morgan fingerprint density at radius 2 is 2.05 bits per heavy atom. The van der Waals surface area contributed by atoms with Gasteiger partial charge in [-0.05, 0) is 31.4 Å². The predicted octanol–water partition coefficient (Wildman–Crippen LogP) is 2.26. The second kappa shape index (κ2) is 6.01. The Hall–Kier alpha value is -1.63. The molecule has 116 valence electrons. The number of carbonyl (C=O) groups is 1. The van der Waals surface area contributed by atoms with Crippen LogP contribution >= 0.6 is 0 Å². The zero-order valence-corrected chi connectivity index (χ0v) is 12.4. The van der Waals surface area contributed by atoms with E-state index in [9.17, 15) is 17.6 Å². The number of carboxylic acids is 1. The molecule has 0 aliphatic heterocycles. The Morgan fingerprint density at radius 3 is 2.67 bits per heavy atom. The fourth-order valence-electron chi connectivity index (χ4n) is 2.54. The first-order valence-corrected chi connectivity index (χ1v) is 8.60. The molecule has 1 saturated carbocycles. The summed E-state index contributed by atoms with van der Waals surface area (Å²) >= 11 is 0. The first kappa shape index (κ1) is 15.8. The van der Waals surface area contributed by atoms with E-state index in [1.165, 1.54) is 12.3 Å². The number of aromatic carboxylic acids is 1. The summed E-state index contributed by atoms with van der Waals surface area (Å²) in [5.74, 6) is -1.82. The molecule has 0 aromatic heterocycles.